The second-order valence-corrected chi connectivity index (χ2v) is 5.14. The lowest BCUT2D eigenvalue weighted by Gasteiger charge is -2.31. The standard InChI is InChI=1S/C16H24N2O3/c1-3-20-14-4-6-15(7-5-14)21-12-16(19)18-10-8-13(17-2)9-11-18/h4-7,13,17H,3,8-12H2,1-2H3. The Labute approximate surface area is 126 Å². The van der Waals surface area contributed by atoms with Crippen molar-refractivity contribution in [2.24, 2.45) is 0 Å². The number of benzene rings is 1. The lowest BCUT2D eigenvalue weighted by Crippen LogP contribution is -2.45. The molecule has 1 saturated heterocycles. The van der Waals surface area contributed by atoms with Crippen LogP contribution in [0.15, 0.2) is 24.3 Å². The average molecular weight is 292 g/mol. The Morgan fingerprint density at radius 3 is 2.29 bits per heavy atom. The predicted octanol–water partition coefficient (Wildman–Crippen LogP) is 1.67. The van der Waals surface area contributed by atoms with Gasteiger partial charge >= 0.3 is 0 Å². The number of amides is 1. The number of piperidine rings is 1. The Kier molecular flexibility index (Phi) is 5.87. The topological polar surface area (TPSA) is 50.8 Å². The molecule has 0 spiro atoms. The first kappa shape index (κ1) is 15.6. The molecule has 0 bridgehead atoms. The van der Waals surface area contributed by atoms with Crippen molar-refractivity contribution in [1.82, 2.24) is 10.2 Å². The fourth-order valence-electron chi connectivity index (χ4n) is 2.45. The van der Waals surface area contributed by atoms with Crippen LogP contribution in [0.5, 0.6) is 11.5 Å². The smallest absolute Gasteiger partial charge is 0.260 e. The molecule has 0 aromatic heterocycles. The minimum absolute atomic E-state index is 0.0541. The van der Waals surface area contributed by atoms with Crippen LogP contribution in [0.2, 0.25) is 0 Å². The predicted molar refractivity (Wildman–Crippen MR) is 81.8 cm³/mol. The third-order valence-electron chi connectivity index (χ3n) is 3.75. The summed E-state index contributed by atoms with van der Waals surface area (Å²) in [4.78, 5) is 14.0. The van der Waals surface area contributed by atoms with Crippen molar-refractivity contribution in [1.29, 1.82) is 0 Å². The second-order valence-electron chi connectivity index (χ2n) is 5.14. The fraction of sp³-hybridized carbons (Fsp3) is 0.562. The highest BCUT2D eigenvalue weighted by atomic mass is 16.5. The van der Waals surface area contributed by atoms with Gasteiger partial charge in [0.25, 0.3) is 5.91 Å². The van der Waals surface area contributed by atoms with Crippen LogP contribution < -0.4 is 14.8 Å². The van der Waals surface area contributed by atoms with Gasteiger partial charge in [0.05, 0.1) is 6.61 Å². The van der Waals surface area contributed by atoms with E-state index in [9.17, 15) is 4.79 Å². The van der Waals surface area contributed by atoms with E-state index in [4.69, 9.17) is 9.47 Å². The normalized spacial score (nSPS) is 15.8. The number of carbonyl (C=O) groups excluding carboxylic acids is 1. The Bertz CT molecular complexity index is 439. The Balaban J connectivity index is 1.76. The van der Waals surface area contributed by atoms with Gasteiger partial charge in [0.1, 0.15) is 11.5 Å². The lowest BCUT2D eigenvalue weighted by molar-refractivity contribution is -0.134. The van der Waals surface area contributed by atoms with Crippen molar-refractivity contribution in [3.05, 3.63) is 24.3 Å². The van der Waals surface area contributed by atoms with Gasteiger partial charge in [0, 0.05) is 19.1 Å². The quantitative estimate of drug-likeness (QED) is 0.866. The van der Waals surface area contributed by atoms with E-state index in [0.29, 0.717) is 18.4 Å². The maximum Gasteiger partial charge on any atom is 0.260 e. The summed E-state index contributed by atoms with van der Waals surface area (Å²) < 4.78 is 10.9. The molecule has 1 aromatic rings. The highest BCUT2D eigenvalue weighted by molar-refractivity contribution is 5.77. The van der Waals surface area contributed by atoms with E-state index in [2.05, 4.69) is 5.32 Å². The summed E-state index contributed by atoms with van der Waals surface area (Å²) in [6.07, 6.45) is 2.01. The summed E-state index contributed by atoms with van der Waals surface area (Å²) in [7, 11) is 1.97. The van der Waals surface area contributed by atoms with E-state index in [0.717, 1.165) is 31.7 Å². The number of carbonyl (C=O) groups is 1. The molecule has 0 saturated carbocycles. The number of hydrogen-bond donors (Lipinski definition) is 1. The lowest BCUT2D eigenvalue weighted by atomic mass is 10.1. The molecular formula is C16H24N2O3. The molecule has 1 aliphatic heterocycles. The van der Waals surface area contributed by atoms with Crippen LogP contribution in [-0.4, -0.2) is 50.2 Å². The second kappa shape index (κ2) is 7.88. The minimum atomic E-state index is 0.0541. The molecule has 116 valence electrons. The largest absolute Gasteiger partial charge is 0.494 e. The van der Waals surface area contributed by atoms with Gasteiger partial charge in [-0.2, -0.15) is 0 Å². The maximum absolute atomic E-state index is 12.1. The Morgan fingerprint density at radius 1 is 1.19 bits per heavy atom. The van der Waals surface area contributed by atoms with Gasteiger partial charge in [-0.05, 0) is 51.1 Å². The molecule has 1 aliphatic rings. The van der Waals surface area contributed by atoms with E-state index in [1.54, 1.807) is 0 Å². The highest BCUT2D eigenvalue weighted by Gasteiger charge is 2.21. The van der Waals surface area contributed by atoms with Crippen molar-refractivity contribution in [3.63, 3.8) is 0 Å². The van der Waals surface area contributed by atoms with Crippen LogP contribution in [0, 0.1) is 0 Å². The van der Waals surface area contributed by atoms with E-state index in [1.807, 2.05) is 43.1 Å². The third-order valence-corrected chi connectivity index (χ3v) is 3.75. The van der Waals surface area contributed by atoms with Crippen molar-refractivity contribution < 1.29 is 14.3 Å². The van der Waals surface area contributed by atoms with E-state index in [-0.39, 0.29) is 12.5 Å². The SMILES string of the molecule is CCOc1ccc(OCC(=O)N2CCC(NC)CC2)cc1. The molecule has 1 fully saturated rings. The minimum Gasteiger partial charge on any atom is -0.494 e. The molecule has 1 N–H and O–H groups in total. The van der Waals surface area contributed by atoms with Gasteiger partial charge in [0.15, 0.2) is 6.61 Å². The Hall–Kier alpha value is -1.75. The fourth-order valence-corrected chi connectivity index (χ4v) is 2.45. The van der Waals surface area contributed by atoms with Crippen LogP contribution in [0.4, 0.5) is 0 Å². The maximum atomic E-state index is 12.1. The van der Waals surface area contributed by atoms with Gasteiger partial charge in [-0.25, -0.2) is 0 Å². The van der Waals surface area contributed by atoms with Crippen molar-refractivity contribution in [2.75, 3.05) is 33.4 Å². The Morgan fingerprint density at radius 2 is 1.76 bits per heavy atom. The van der Waals surface area contributed by atoms with Crippen LogP contribution in [0.3, 0.4) is 0 Å². The van der Waals surface area contributed by atoms with Gasteiger partial charge in [-0.3, -0.25) is 4.79 Å². The molecule has 5 nitrogen and oxygen atoms in total. The first-order valence-corrected chi connectivity index (χ1v) is 7.53. The summed E-state index contributed by atoms with van der Waals surface area (Å²) in [5, 5.41) is 3.26. The van der Waals surface area contributed by atoms with Crippen LogP contribution in [0.25, 0.3) is 0 Å². The number of rotatable bonds is 6. The molecule has 21 heavy (non-hydrogen) atoms. The van der Waals surface area contributed by atoms with Crippen molar-refractivity contribution >= 4 is 5.91 Å². The van der Waals surface area contributed by atoms with Crippen molar-refractivity contribution in [2.45, 2.75) is 25.8 Å². The first-order valence-electron chi connectivity index (χ1n) is 7.53. The third kappa shape index (κ3) is 4.63. The summed E-state index contributed by atoms with van der Waals surface area (Å²) in [5.41, 5.74) is 0. The molecule has 2 rings (SSSR count). The summed E-state index contributed by atoms with van der Waals surface area (Å²) in [6, 6.07) is 7.88. The average Bonchev–Trinajstić information content (AvgIpc) is 2.54. The van der Waals surface area contributed by atoms with E-state index >= 15 is 0 Å². The summed E-state index contributed by atoms with van der Waals surface area (Å²) in [6.45, 7) is 4.29. The van der Waals surface area contributed by atoms with Crippen LogP contribution in [-0.2, 0) is 4.79 Å². The molecule has 0 atom stereocenters. The zero-order valence-electron chi connectivity index (χ0n) is 12.8. The molecule has 0 unspecified atom stereocenters. The molecule has 0 aliphatic carbocycles. The molecule has 5 heteroatoms. The number of nitrogens with zero attached hydrogens (tertiary/aromatic N) is 1. The monoisotopic (exact) mass is 292 g/mol. The van der Waals surface area contributed by atoms with Gasteiger partial charge < -0.3 is 19.7 Å². The molecule has 1 amide bonds. The molecule has 1 aromatic carbocycles. The molecule has 1 heterocycles. The summed E-state index contributed by atoms with van der Waals surface area (Å²) in [5.74, 6) is 1.56. The number of ether oxygens (including phenoxy) is 2. The van der Waals surface area contributed by atoms with Crippen LogP contribution >= 0.6 is 0 Å². The van der Waals surface area contributed by atoms with E-state index < -0.39 is 0 Å². The first-order chi connectivity index (χ1) is 10.2. The van der Waals surface area contributed by atoms with E-state index in [1.165, 1.54) is 0 Å². The number of likely N-dealkylation sites (tertiary alicyclic amines) is 1. The van der Waals surface area contributed by atoms with Gasteiger partial charge in [-0.15, -0.1) is 0 Å². The molecule has 0 radical (unpaired) electrons. The zero-order valence-corrected chi connectivity index (χ0v) is 12.8. The number of nitrogens with one attached hydrogen (secondary N) is 1. The van der Waals surface area contributed by atoms with Gasteiger partial charge in [0.2, 0.25) is 0 Å². The van der Waals surface area contributed by atoms with Gasteiger partial charge in [-0.1, -0.05) is 0 Å². The zero-order chi connectivity index (χ0) is 15.1. The van der Waals surface area contributed by atoms with Crippen LogP contribution in [0.1, 0.15) is 19.8 Å². The van der Waals surface area contributed by atoms with Crippen molar-refractivity contribution in [3.8, 4) is 11.5 Å². The molecular weight excluding hydrogens is 268 g/mol. The summed E-state index contributed by atoms with van der Waals surface area (Å²) >= 11 is 0. The number of hydrogen-bond acceptors (Lipinski definition) is 4. The highest BCUT2D eigenvalue weighted by Crippen LogP contribution is 2.18.